The molecular formula is C14H6ClF3N4O3S2. The van der Waals surface area contributed by atoms with Gasteiger partial charge in [0.25, 0.3) is 0 Å². The largest absolute Gasteiger partial charge is 0.573 e. The topological polar surface area (TPSA) is 86.5 Å². The number of benzene rings is 1. The summed E-state index contributed by atoms with van der Waals surface area (Å²) in [5.74, 6) is -0.675. The lowest BCUT2D eigenvalue weighted by atomic mass is 10.3. The Labute approximate surface area is 157 Å². The highest BCUT2D eigenvalue weighted by atomic mass is 35.5. The van der Waals surface area contributed by atoms with Crippen LogP contribution in [-0.4, -0.2) is 34.6 Å². The zero-order chi connectivity index (χ0) is 19.4. The first-order chi connectivity index (χ1) is 12.7. The third kappa shape index (κ3) is 3.09. The first kappa shape index (κ1) is 17.9. The van der Waals surface area contributed by atoms with E-state index in [-0.39, 0.29) is 10.8 Å². The molecule has 3 aromatic heterocycles. The van der Waals surface area contributed by atoms with Crippen molar-refractivity contribution in [2.24, 2.45) is 0 Å². The Bertz CT molecular complexity index is 1280. The summed E-state index contributed by atoms with van der Waals surface area (Å²) in [5, 5.41) is 8.73. The third-order valence-corrected chi connectivity index (χ3v) is 6.43. The van der Waals surface area contributed by atoms with E-state index in [1.165, 1.54) is 15.9 Å². The Morgan fingerprint density at radius 3 is 2.74 bits per heavy atom. The van der Waals surface area contributed by atoms with Crippen molar-refractivity contribution in [2.75, 3.05) is 0 Å². The van der Waals surface area contributed by atoms with Crippen LogP contribution in [0.2, 0.25) is 5.15 Å². The van der Waals surface area contributed by atoms with Crippen molar-refractivity contribution in [2.45, 2.75) is 16.3 Å². The molecule has 4 rings (SSSR count). The molecule has 0 N–H and O–H groups in total. The molecule has 7 nitrogen and oxygen atoms in total. The minimum atomic E-state index is -4.95. The summed E-state index contributed by atoms with van der Waals surface area (Å²) in [6, 6.07) is 5.65. The third-order valence-electron chi connectivity index (χ3n) is 3.48. The van der Waals surface area contributed by atoms with Gasteiger partial charge in [0, 0.05) is 0 Å². The monoisotopic (exact) mass is 434 g/mol. The predicted octanol–water partition coefficient (Wildman–Crippen LogP) is 3.72. The number of alkyl halides is 3. The van der Waals surface area contributed by atoms with Gasteiger partial charge in [0.1, 0.15) is 5.75 Å². The molecule has 13 heteroatoms. The van der Waals surface area contributed by atoms with E-state index in [4.69, 9.17) is 11.6 Å². The number of sulfone groups is 1. The quantitative estimate of drug-likeness (QED) is 0.457. The van der Waals surface area contributed by atoms with Crippen LogP contribution in [-0.2, 0) is 9.84 Å². The lowest BCUT2D eigenvalue weighted by molar-refractivity contribution is -0.274. The first-order valence-corrected chi connectivity index (χ1v) is 9.80. The van der Waals surface area contributed by atoms with Crippen molar-refractivity contribution in [3.8, 4) is 5.75 Å². The summed E-state index contributed by atoms with van der Waals surface area (Å²) in [5.41, 5.74) is 0.381. The second-order valence-electron chi connectivity index (χ2n) is 5.19. The lowest BCUT2D eigenvalue weighted by Gasteiger charge is -2.09. The molecule has 0 bridgehead atoms. The molecule has 0 aliphatic heterocycles. The van der Waals surface area contributed by atoms with E-state index < -0.39 is 31.9 Å². The van der Waals surface area contributed by atoms with Crippen LogP contribution in [0.15, 0.2) is 45.6 Å². The summed E-state index contributed by atoms with van der Waals surface area (Å²) < 4.78 is 68.5. The fraction of sp³-hybridized carbons (Fsp3) is 0.0714. The van der Waals surface area contributed by atoms with Gasteiger partial charge in [-0.05, 0) is 29.6 Å². The van der Waals surface area contributed by atoms with E-state index in [1.807, 2.05) is 0 Å². The number of ether oxygens (including phenoxy) is 1. The number of aromatic nitrogens is 4. The van der Waals surface area contributed by atoms with Crippen LogP contribution in [0.25, 0.3) is 15.9 Å². The van der Waals surface area contributed by atoms with E-state index in [0.29, 0.717) is 10.2 Å². The number of hydrogen-bond donors (Lipinski definition) is 0. The molecule has 0 unspecified atom stereocenters. The molecule has 0 saturated carbocycles. The van der Waals surface area contributed by atoms with Crippen LogP contribution in [0.3, 0.4) is 0 Å². The molecular weight excluding hydrogens is 429 g/mol. The smallest absolute Gasteiger partial charge is 0.406 e. The fourth-order valence-corrected chi connectivity index (χ4v) is 4.74. The molecule has 1 aromatic carbocycles. The molecule has 0 amide bonds. The standard InChI is InChI=1S/C14H6ClF3N4O3S2/c15-11-10-9(4-5-26-10)22-12(19-11)13(20-21-22)27(23,24)8-3-1-2-7(6-8)25-14(16,17)18/h1-6H. The number of fused-ring (bicyclic) bond motifs is 3. The van der Waals surface area contributed by atoms with Crippen molar-refractivity contribution >= 4 is 48.6 Å². The SMILES string of the molecule is O=S(=O)(c1cccc(OC(F)(F)F)c1)c1nnn2c1nc(Cl)c1sccc12. The summed E-state index contributed by atoms with van der Waals surface area (Å²) in [4.78, 5) is 3.58. The number of nitrogens with zero attached hydrogens (tertiary/aromatic N) is 4. The van der Waals surface area contributed by atoms with Gasteiger partial charge in [-0.25, -0.2) is 13.4 Å². The van der Waals surface area contributed by atoms with E-state index in [1.54, 1.807) is 11.4 Å². The second-order valence-corrected chi connectivity index (χ2v) is 8.33. The van der Waals surface area contributed by atoms with Crippen molar-refractivity contribution in [3.05, 3.63) is 40.9 Å². The van der Waals surface area contributed by atoms with Crippen LogP contribution in [0.4, 0.5) is 13.2 Å². The van der Waals surface area contributed by atoms with Crippen LogP contribution in [0.1, 0.15) is 0 Å². The minimum absolute atomic E-state index is 0.0698. The van der Waals surface area contributed by atoms with Crippen LogP contribution < -0.4 is 4.74 Å². The molecule has 0 fully saturated rings. The normalized spacial score (nSPS) is 12.7. The minimum Gasteiger partial charge on any atom is -0.406 e. The summed E-state index contributed by atoms with van der Waals surface area (Å²) in [7, 11) is -4.33. The van der Waals surface area contributed by atoms with E-state index in [2.05, 4.69) is 20.0 Å². The van der Waals surface area contributed by atoms with Gasteiger partial charge in [0.05, 0.1) is 15.1 Å². The summed E-state index contributed by atoms with van der Waals surface area (Å²) in [6.45, 7) is 0. The van der Waals surface area contributed by atoms with E-state index in [0.717, 1.165) is 24.3 Å². The van der Waals surface area contributed by atoms with Crippen molar-refractivity contribution < 1.29 is 26.3 Å². The van der Waals surface area contributed by atoms with Crippen LogP contribution in [0.5, 0.6) is 5.75 Å². The van der Waals surface area contributed by atoms with Gasteiger partial charge >= 0.3 is 6.36 Å². The Hall–Kier alpha value is -2.44. The van der Waals surface area contributed by atoms with Crippen molar-refractivity contribution in [3.63, 3.8) is 0 Å². The van der Waals surface area contributed by atoms with Gasteiger partial charge < -0.3 is 4.74 Å². The van der Waals surface area contributed by atoms with Gasteiger partial charge in [0.15, 0.2) is 10.8 Å². The number of thiophene rings is 1. The summed E-state index contributed by atoms with van der Waals surface area (Å²) in [6.07, 6.45) is -4.95. The maximum absolute atomic E-state index is 12.9. The molecule has 4 aromatic rings. The fourth-order valence-electron chi connectivity index (χ4n) is 2.41. The van der Waals surface area contributed by atoms with Gasteiger partial charge in [-0.3, -0.25) is 0 Å². The molecule has 140 valence electrons. The van der Waals surface area contributed by atoms with Crippen molar-refractivity contribution in [1.82, 2.24) is 19.8 Å². The molecule has 27 heavy (non-hydrogen) atoms. The predicted molar refractivity (Wildman–Crippen MR) is 89.8 cm³/mol. The molecule has 0 atom stereocenters. The van der Waals surface area contributed by atoms with E-state index in [9.17, 15) is 21.6 Å². The molecule has 0 spiro atoms. The van der Waals surface area contributed by atoms with Crippen LogP contribution in [0, 0.1) is 0 Å². The molecule has 0 aliphatic rings. The Kier molecular flexibility index (Phi) is 4.01. The number of hydrogen-bond acceptors (Lipinski definition) is 7. The van der Waals surface area contributed by atoms with Crippen molar-refractivity contribution in [1.29, 1.82) is 0 Å². The zero-order valence-corrected chi connectivity index (χ0v) is 15.2. The Morgan fingerprint density at radius 1 is 1.22 bits per heavy atom. The maximum Gasteiger partial charge on any atom is 0.573 e. The van der Waals surface area contributed by atoms with Gasteiger partial charge in [-0.2, -0.15) is 4.52 Å². The highest BCUT2D eigenvalue weighted by Gasteiger charge is 2.32. The first-order valence-electron chi connectivity index (χ1n) is 7.06. The zero-order valence-electron chi connectivity index (χ0n) is 12.8. The molecule has 0 saturated heterocycles. The van der Waals surface area contributed by atoms with Crippen LogP contribution >= 0.6 is 22.9 Å². The molecule has 0 radical (unpaired) electrons. The number of rotatable bonds is 3. The highest BCUT2D eigenvalue weighted by molar-refractivity contribution is 7.91. The molecule has 3 heterocycles. The van der Waals surface area contributed by atoms with E-state index >= 15 is 0 Å². The van der Waals surface area contributed by atoms with Gasteiger partial charge in [-0.15, -0.1) is 29.6 Å². The molecule has 0 aliphatic carbocycles. The second kappa shape index (κ2) is 6.04. The number of halogens is 4. The maximum atomic E-state index is 12.9. The van der Waals surface area contributed by atoms with Gasteiger partial charge in [0.2, 0.25) is 14.9 Å². The Balaban J connectivity index is 1.88. The average molecular weight is 435 g/mol. The average Bonchev–Trinajstić information content (AvgIpc) is 3.20. The van der Waals surface area contributed by atoms with Gasteiger partial charge in [-0.1, -0.05) is 22.9 Å². The highest BCUT2D eigenvalue weighted by Crippen LogP contribution is 2.32. The Morgan fingerprint density at radius 2 is 2.00 bits per heavy atom. The summed E-state index contributed by atoms with van der Waals surface area (Å²) >= 11 is 7.38. The lowest BCUT2D eigenvalue weighted by Crippen LogP contribution is -2.17.